The van der Waals surface area contributed by atoms with Gasteiger partial charge in [-0.25, -0.2) is 0 Å². The zero-order chi connectivity index (χ0) is 20.9. The van der Waals surface area contributed by atoms with E-state index in [-0.39, 0.29) is 17.7 Å². The average Bonchev–Trinajstić information content (AvgIpc) is 3.31. The Balaban J connectivity index is 1.21. The predicted molar refractivity (Wildman–Crippen MR) is 118 cm³/mol. The molecule has 2 saturated heterocycles. The lowest BCUT2D eigenvalue weighted by molar-refractivity contribution is -0.127. The van der Waals surface area contributed by atoms with E-state index in [0.29, 0.717) is 12.6 Å². The molecule has 1 N–H and O–H groups in total. The number of carbonyl (C=O) groups is 2. The second-order valence-electron chi connectivity index (χ2n) is 8.14. The summed E-state index contributed by atoms with van der Waals surface area (Å²) >= 11 is 3.44. The molecule has 0 bridgehead atoms. The van der Waals surface area contributed by atoms with Crippen molar-refractivity contribution in [3.05, 3.63) is 58.5 Å². The summed E-state index contributed by atoms with van der Waals surface area (Å²) in [5.74, 6) is 1.10. The van der Waals surface area contributed by atoms with Crippen LogP contribution in [0.25, 0.3) is 0 Å². The smallest absolute Gasteiger partial charge is 0.253 e. The van der Waals surface area contributed by atoms with E-state index in [1.807, 2.05) is 41.3 Å². The molecule has 2 aliphatic heterocycles. The maximum absolute atomic E-state index is 12.7. The van der Waals surface area contributed by atoms with Crippen molar-refractivity contribution >= 4 is 27.7 Å². The molecule has 3 heterocycles. The molecule has 1 aromatic heterocycles. The van der Waals surface area contributed by atoms with Crippen molar-refractivity contribution in [2.24, 2.45) is 5.92 Å². The Bertz CT molecular complexity index is 854. The van der Waals surface area contributed by atoms with Gasteiger partial charge in [-0.1, -0.05) is 22.0 Å². The third kappa shape index (κ3) is 5.13. The minimum absolute atomic E-state index is 0.0782. The average molecular weight is 474 g/mol. The van der Waals surface area contributed by atoms with E-state index in [1.165, 1.54) is 0 Å². The molecule has 6 nitrogen and oxygen atoms in total. The van der Waals surface area contributed by atoms with Crippen molar-refractivity contribution in [1.82, 2.24) is 15.1 Å². The van der Waals surface area contributed by atoms with Gasteiger partial charge >= 0.3 is 0 Å². The van der Waals surface area contributed by atoms with Gasteiger partial charge in [-0.05, 0) is 69.1 Å². The SMILES string of the molecule is O=C(NCc1ccco1)C1CCN(C2CCN(C(=O)c3cccc(Br)c3)CC2)CC1. The number of rotatable bonds is 5. The zero-order valence-corrected chi connectivity index (χ0v) is 18.6. The Morgan fingerprint density at radius 3 is 2.47 bits per heavy atom. The fraction of sp³-hybridized carbons (Fsp3) is 0.478. The number of benzene rings is 1. The van der Waals surface area contributed by atoms with Gasteiger partial charge in [0.25, 0.3) is 5.91 Å². The molecule has 0 radical (unpaired) electrons. The first-order valence-corrected chi connectivity index (χ1v) is 11.5. The van der Waals surface area contributed by atoms with Crippen LogP contribution in [0.1, 0.15) is 41.8 Å². The van der Waals surface area contributed by atoms with Gasteiger partial charge in [-0.3, -0.25) is 9.59 Å². The number of amides is 2. The molecule has 2 aromatic rings. The first-order valence-electron chi connectivity index (χ1n) is 10.7. The highest BCUT2D eigenvalue weighted by Gasteiger charge is 2.31. The Kier molecular flexibility index (Phi) is 6.89. The van der Waals surface area contributed by atoms with Crippen molar-refractivity contribution in [2.45, 2.75) is 38.3 Å². The third-order valence-electron chi connectivity index (χ3n) is 6.26. The lowest BCUT2D eigenvalue weighted by atomic mass is 9.92. The maximum Gasteiger partial charge on any atom is 0.253 e. The number of hydrogen-bond donors (Lipinski definition) is 1. The highest BCUT2D eigenvalue weighted by atomic mass is 79.9. The lowest BCUT2D eigenvalue weighted by Gasteiger charge is -2.41. The van der Waals surface area contributed by atoms with Gasteiger partial charge < -0.3 is 19.5 Å². The number of hydrogen-bond acceptors (Lipinski definition) is 4. The highest BCUT2D eigenvalue weighted by molar-refractivity contribution is 9.10. The Hall–Kier alpha value is -2.12. The summed E-state index contributed by atoms with van der Waals surface area (Å²) in [5.41, 5.74) is 0.740. The standard InChI is InChI=1S/C23H28BrN3O3/c24-19-4-1-3-18(15-19)23(29)27-12-8-20(9-13-27)26-10-6-17(7-11-26)22(28)25-16-21-5-2-14-30-21/h1-5,14-15,17,20H,6-13,16H2,(H,25,28). The van der Waals surface area contributed by atoms with Crippen LogP contribution < -0.4 is 5.32 Å². The quantitative estimate of drug-likeness (QED) is 0.719. The largest absolute Gasteiger partial charge is 0.467 e. The molecule has 4 rings (SSSR count). The minimum atomic E-state index is 0.0782. The number of carbonyl (C=O) groups excluding carboxylic acids is 2. The van der Waals surface area contributed by atoms with E-state index >= 15 is 0 Å². The van der Waals surface area contributed by atoms with Crippen LogP contribution in [0.3, 0.4) is 0 Å². The number of nitrogens with one attached hydrogen (secondary N) is 1. The fourth-order valence-electron chi connectivity index (χ4n) is 4.50. The van der Waals surface area contributed by atoms with Crippen LogP contribution >= 0.6 is 15.9 Å². The van der Waals surface area contributed by atoms with E-state index < -0.39 is 0 Å². The van der Waals surface area contributed by atoms with E-state index in [0.717, 1.165) is 67.7 Å². The van der Waals surface area contributed by atoms with Crippen molar-refractivity contribution in [3.63, 3.8) is 0 Å². The zero-order valence-electron chi connectivity index (χ0n) is 17.1. The summed E-state index contributed by atoms with van der Waals surface area (Å²) in [7, 11) is 0. The molecule has 2 fully saturated rings. The van der Waals surface area contributed by atoms with Crippen molar-refractivity contribution in [1.29, 1.82) is 0 Å². The Labute approximate surface area is 185 Å². The molecule has 1 aromatic carbocycles. The van der Waals surface area contributed by atoms with Crippen molar-refractivity contribution in [2.75, 3.05) is 26.2 Å². The third-order valence-corrected chi connectivity index (χ3v) is 6.75. The van der Waals surface area contributed by atoms with Gasteiger partial charge in [-0.2, -0.15) is 0 Å². The molecule has 0 unspecified atom stereocenters. The predicted octanol–water partition coefficient (Wildman–Crippen LogP) is 3.68. The van der Waals surface area contributed by atoms with E-state index in [4.69, 9.17) is 4.42 Å². The summed E-state index contributed by atoms with van der Waals surface area (Å²) < 4.78 is 6.20. The Morgan fingerprint density at radius 2 is 1.80 bits per heavy atom. The van der Waals surface area contributed by atoms with Crippen LogP contribution in [0.5, 0.6) is 0 Å². The van der Waals surface area contributed by atoms with Crippen molar-refractivity contribution < 1.29 is 14.0 Å². The van der Waals surface area contributed by atoms with Gasteiger partial charge in [0.15, 0.2) is 0 Å². The van der Waals surface area contributed by atoms with Gasteiger partial charge in [-0.15, -0.1) is 0 Å². The molecule has 2 amide bonds. The van der Waals surface area contributed by atoms with Crippen LogP contribution in [0.4, 0.5) is 0 Å². The van der Waals surface area contributed by atoms with Gasteiger partial charge in [0.1, 0.15) is 5.76 Å². The highest BCUT2D eigenvalue weighted by Crippen LogP contribution is 2.25. The number of furan rings is 1. The van der Waals surface area contributed by atoms with Crippen molar-refractivity contribution in [3.8, 4) is 0 Å². The first kappa shape index (κ1) is 21.1. The number of piperidine rings is 2. The van der Waals surface area contributed by atoms with E-state index in [1.54, 1.807) is 6.26 Å². The van der Waals surface area contributed by atoms with Gasteiger partial charge in [0, 0.05) is 35.1 Å². The monoisotopic (exact) mass is 473 g/mol. The molecule has 2 aliphatic rings. The Morgan fingerprint density at radius 1 is 1.03 bits per heavy atom. The van der Waals surface area contributed by atoms with Crippen LogP contribution in [0, 0.1) is 5.92 Å². The molecular formula is C23H28BrN3O3. The molecule has 160 valence electrons. The van der Waals surface area contributed by atoms with Crippen LogP contribution in [0.2, 0.25) is 0 Å². The molecule has 30 heavy (non-hydrogen) atoms. The summed E-state index contributed by atoms with van der Waals surface area (Å²) in [6.45, 7) is 3.93. The van der Waals surface area contributed by atoms with Gasteiger partial charge in [0.2, 0.25) is 5.91 Å². The number of halogens is 1. The minimum Gasteiger partial charge on any atom is -0.467 e. The molecule has 0 saturated carbocycles. The second kappa shape index (κ2) is 9.79. The topological polar surface area (TPSA) is 65.8 Å². The van der Waals surface area contributed by atoms with Crippen LogP contribution in [-0.2, 0) is 11.3 Å². The fourth-order valence-corrected chi connectivity index (χ4v) is 4.90. The summed E-state index contributed by atoms with van der Waals surface area (Å²) in [5, 5.41) is 2.99. The number of nitrogens with zero attached hydrogens (tertiary/aromatic N) is 2. The molecular weight excluding hydrogens is 446 g/mol. The normalized spacial score (nSPS) is 19.0. The maximum atomic E-state index is 12.7. The van der Waals surface area contributed by atoms with E-state index in [9.17, 15) is 9.59 Å². The van der Waals surface area contributed by atoms with Crippen LogP contribution in [0.15, 0.2) is 51.6 Å². The lowest BCUT2D eigenvalue weighted by Crippen LogP contribution is -2.50. The van der Waals surface area contributed by atoms with Crippen LogP contribution in [-0.4, -0.2) is 53.8 Å². The summed E-state index contributed by atoms with van der Waals surface area (Å²) in [4.78, 5) is 29.7. The van der Waals surface area contributed by atoms with Gasteiger partial charge in [0.05, 0.1) is 12.8 Å². The molecule has 0 atom stereocenters. The molecule has 0 spiro atoms. The molecule has 0 aliphatic carbocycles. The first-order chi connectivity index (χ1) is 14.6. The van der Waals surface area contributed by atoms with E-state index in [2.05, 4.69) is 26.1 Å². The molecule has 7 heteroatoms. The summed E-state index contributed by atoms with van der Waals surface area (Å²) in [6, 6.07) is 11.8. The number of likely N-dealkylation sites (tertiary alicyclic amines) is 2. The summed E-state index contributed by atoms with van der Waals surface area (Å²) in [6.07, 6.45) is 5.39. The second-order valence-corrected chi connectivity index (χ2v) is 9.06.